The van der Waals surface area contributed by atoms with Crippen LogP contribution in [0.2, 0.25) is 0 Å². The standard InChI is InChI=1S/C15H21NO2/c1-12-2-4-13(5-3-12)6-7-14(18)16-10-15(11-17)8-9-15/h2-5,17H,6-11H2,1H3,(H,16,18). The Balaban J connectivity index is 1.70. The van der Waals surface area contributed by atoms with Crippen molar-refractivity contribution in [2.24, 2.45) is 5.41 Å². The van der Waals surface area contributed by atoms with Gasteiger partial charge in [0, 0.05) is 18.4 Å². The van der Waals surface area contributed by atoms with Crippen molar-refractivity contribution < 1.29 is 9.90 Å². The molecule has 3 nitrogen and oxygen atoms in total. The molecule has 0 spiro atoms. The zero-order chi connectivity index (χ0) is 13.0. The first-order valence-corrected chi connectivity index (χ1v) is 6.57. The molecule has 0 aromatic heterocycles. The fourth-order valence-electron chi connectivity index (χ4n) is 1.95. The maximum absolute atomic E-state index is 11.7. The summed E-state index contributed by atoms with van der Waals surface area (Å²) in [6.07, 6.45) is 3.35. The number of carbonyl (C=O) groups excluding carboxylic acids is 1. The van der Waals surface area contributed by atoms with Crippen molar-refractivity contribution in [3.8, 4) is 0 Å². The summed E-state index contributed by atoms with van der Waals surface area (Å²) in [5.74, 6) is 0.0790. The number of hydrogen-bond acceptors (Lipinski definition) is 2. The van der Waals surface area contributed by atoms with Gasteiger partial charge in [-0.3, -0.25) is 4.79 Å². The van der Waals surface area contributed by atoms with E-state index in [1.54, 1.807) is 0 Å². The molecule has 2 rings (SSSR count). The van der Waals surface area contributed by atoms with Gasteiger partial charge in [0.25, 0.3) is 0 Å². The number of nitrogens with one attached hydrogen (secondary N) is 1. The van der Waals surface area contributed by atoms with Crippen LogP contribution in [0.25, 0.3) is 0 Å². The van der Waals surface area contributed by atoms with Crippen LogP contribution >= 0.6 is 0 Å². The van der Waals surface area contributed by atoms with E-state index in [-0.39, 0.29) is 17.9 Å². The van der Waals surface area contributed by atoms with Gasteiger partial charge in [0.1, 0.15) is 0 Å². The van der Waals surface area contributed by atoms with Crippen LogP contribution in [0.15, 0.2) is 24.3 Å². The number of aliphatic hydroxyl groups excluding tert-OH is 1. The SMILES string of the molecule is Cc1ccc(CCC(=O)NCC2(CO)CC2)cc1. The molecule has 0 atom stereocenters. The average Bonchev–Trinajstić information content (AvgIpc) is 3.16. The Morgan fingerprint density at radius 1 is 1.33 bits per heavy atom. The van der Waals surface area contributed by atoms with Crippen LogP contribution in [-0.2, 0) is 11.2 Å². The fourth-order valence-corrected chi connectivity index (χ4v) is 1.95. The molecule has 18 heavy (non-hydrogen) atoms. The Labute approximate surface area is 108 Å². The van der Waals surface area contributed by atoms with E-state index in [1.807, 2.05) is 0 Å². The third-order valence-electron chi connectivity index (χ3n) is 3.71. The second-order valence-electron chi connectivity index (χ2n) is 5.42. The molecule has 0 heterocycles. The highest BCUT2D eigenvalue weighted by atomic mass is 16.3. The van der Waals surface area contributed by atoms with Gasteiger partial charge in [-0.2, -0.15) is 0 Å². The van der Waals surface area contributed by atoms with Crippen molar-refractivity contribution in [3.63, 3.8) is 0 Å². The molecule has 0 radical (unpaired) electrons. The van der Waals surface area contributed by atoms with Gasteiger partial charge in [0.15, 0.2) is 0 Å². The molecule has 1 aliphatic rings. The minimum atomic E-state index is -0.000477. The maximum Gasteiger partial charge on any atom is 0.220 e. The highest BCUT2D eigenvalue weighted by Crippen LogP contribution is 2.44. The summed E-state index contributed by atoms with van der Waals surface area (Å²) < 4.78 is 0. The Hall–Kier alpha value is -1.35. The number of rotatable bonds is 6. The molecule has 2 N–H and O–H groups in total. The summed E-state index contributed by atoms with van der Waals surface area (Å²) in [5.41, 5.74) is 2.43. The summed E-state index contributed by atoms with van der Waals surface area (Å²) in [5, 5.41) is 12.1. The zero-order valence-electron chi connectivity index (χ0n) is 10.9. The van der Waals surface area contributed by atoms with Gasteiger partial charge in [-0.1, -0.05) is 29.8 Å². The smallest absolute Gasteiger partial charge is 0.220 e. The molecule has 1 aliphatic carbocycles. The van der Waals surface area contributed by atoms with Gasteiger partial charge in [-0.05, 0) is 31.7 Å². The number of hydrogen-bond donors (Lipinski definition) is 2. The summed E-state index contributed by atoms with van der Waals surface area (Å²) >= 11 is 0. The zero-order valence-corrected chi connectivity index (χ0v) is 10.9. The summed E-state index contributed by atoms with van der Waals surface area (Å²) in [6, 6.07) is 8.27. The Morgan fingerprint density at radius 2 is 2.00 bits per heavy atom. The average molecular weight is 247 g/mol. The van der Waals surface area contributed by atoms with Gasteiger partial charge >= 0.3 is 0 Å². The number of carbonyl (C=O) groups is 1. The van der Waals surface area contributed by atoms with E-state index in [1.165, 1.54) is 11.1 Å². The van der Waals surface area contributed by atoms with Crippen molar-refractivity contribution >= 4 is 5.91 Å². The number of benzene rings is 1. The van der Waals surface area contributed by atoms with Crippen molar-refractivity contribution in [1.29, 1.82) is 0 Å². The Kier molecular flexibility index (Phi) is 4.02. The molecule has 3 heteroatoms. The molecule has 1 saturated carbocycles. The van der Waals surface area contributed by atoms with E-state index in [9.17, 15) is 4.79 Å². The van der Waals surface area contributed by atoms with Crippen molar-refractivity contribution in [3.05, 3.63) is 35.4 Å². The highest BCUT2D eigenvalue weighted by molar-refractivity contribution is 5.76. The predicted molar refractivity (Wildman–Crippen MR) is 71.3 cm³/mol. The third-order valence-corrected chi connectivity index (χ3v) is 3.71. The largest absolute Gasteiger partial charge is 0.396 e. The summed E-state index contributed by atoms with van der Waals surface area (Å²) in [4.78, 5) is 11.7. The lowest BCUT2D eigenvalue weighted by atomic mass is 10.1. The first-order valence-electron chi connectivity index (χ1n) is 6.57. The molecule has 1 aromatic rings. The Morgan fingerprint density at radius 3 is 2.56 bits per heavy atom. The molecular weight excluding hydrogens is 226 g/mol. The van der Waals surface area contributed by atoms with Gasteiger partial charge in [-0.25, -0.2) is 0 Å². The van der Waals surface area contributed by atoms with Gasteiger partial charge in [0.2, 0.25) is 5.91 Å². The van der Waals surface area contributed by atoms with Crippen molar-refractivity contribution in [2.75, 3.05) is 13.2 Å². The molecule has 98 valence electrons. The first-order chi connectivity index (χ1) is 8.63. The molecule has 1 amide bonds. The summed E-state index contributed by atoms with van der Waals surface area (Å²) in [6.45, 7) is 2.86. The van der Waals surface area contributed by atoms with E-state index in [0.29, 0.717) is 13.0 Å². The molecular formula is C15H21NO2. The molecule has 0 saturated heterocycles. The van der Waals surface area contributed by atoms with Crippen molar-refractivity contribution in [2.45, 2.75) is 32.6 Å². The lowest BCUT2D eigenvalue weighted by molar-refractivity contribution is -0.121. The van der Waals surface area contributed by atoms with Gasteiger partial charge < -0.3 is 10.4 Å². The third kappa shape index (κ3) is 3.57. The van der Waals surface area contributed by atoms with Crippen molar-refractivity contribution in [1.82, 2.24) is 5.32 Å². The van der Waals surface area contributed by atoms with E-state index in [0.717, 1.165) is 19.3 Å². The van der Waals surface area contributed by atoms with Crippen LogP contribution in [0.3, 0.4) is 0 Å². The first kappa shape index (κ1) is 13.1. The van der Waals surface area contributed by atoms with Gasteiger partial charge in [0.05, 0.1) is 6.61 Å². The molecule has 0 aliphatic heterocycles. The fraction of sp³-hybridized carbons (Fsp3) is 0.533. The normalized spacial score (nSPS) is 16.3. The van der Waals surface area contributed by atoms with Crippen LogP contribution < -0.4 is 5.32 Å². The monoisotopic (exact) mass is 247 g/mol. The quantitative estimate of drug-likeness (QED) is 0.805. The van der Waals surface area contributed by atoms with Crippen LogP contribution in [-0.4, -0.2) is 24.2 Å². The van der Waals surface area contributed by atoms with Gasteiger partial charge in [-0.15, -0.1) is 0 Å². The number of amides is 1. The second kappa shape index (κ2) is 5.53. The van der Waals surface area contributed by atoms with Crippen LogP contribution in [0.4, 0.5) is 0 Å². The minimum absolute atomic E-state index is 0.000477. The van der Waals surface area contributed by atoms with Crippen LogP contribution in [0.1, 0.15) is 30.4 Å². The lowest BCUT2D eigenvalue weighted by Gasteiger charge is -2.12. The maximum atomic E-state index is 11.7. The van der Waals surface area contributed by atoms with E-state index >= 15 is 0 Å². The van der Waals surface area contributed by atoms with Crippen LogP contribution in [0, 0.1) is 12.3 Å². The van der Waals surface area contributed by atoms with E-state index in [4.69, 9.17) is 5.11 Å². The second-order valence-corrected chi connectivity index (χ2v) is 5.42. The predicted octanol–water partition coefficient (Wildman–Crippen LogP) is 1.82. The van der Waals surface area contributed by atoms with E-state index < -0.39 is 0 Å². The minimum Gasteiger partial charge on any atom is -0.396 e. The summed E-state index contributed by atoms with van der Waals surface area (Å²) in [7, 11) is 0. The molecule has 1 aromatic carbocycles. The van der Waals surface area contributed by atoms with E-state index in [2.05, 4.69) is 36.5 Å². The lowest BCUT2D eigenvalue weighted by Crippen LogP contribution is -2.31. The number of aliphatic hydroxyl groups is 1. The molecule has 0 bridgehead atoms. The molecule has 1 fully saturated rings. The Bertz CT molecular complexity index is 407. The molecule has 0 unspecified atom stereocenters. The highest BCUT2D eigenvalue weighted by Gasteiger charge is 2.41. The van der Waals surface area contributed by atoms with Crippen LogP contribution in [0.5, 0.6) is 0 Å². The number of aryl methyl sites for hydroxylation is 2. The topological polar surface area (TPSA) is 49.3 Å².